The molecule has 37 heavy (non-hydrogen) atoms. The zero-order valence-electron chi connectivity index (χ0n) is 19.9. The van der Waals surface area contributed by atoms with Gasteiger partial charge in [-0.15, -0.1) is 0 Å². The minimum absolute atomic E-state index is 0.0658. The number of aromatic nitrogens is 4. The molecule has 7 rings (SSSR count). The quantitative estimate of drug-likeness (QED) is 0.425. The Labute approximate surface area is 212 Å². The summed E-state index contributed by atoms with van der Waals surface area (Å²) >= 11 is 0. The number of hydrogen-bond donors (Lipinski definition) is 2. The average Bonchev–Trinajstić information content (AvgIpc) is 3.23. The minimum atomic E-state index is -3.88. The number of anilines is 1. The Morgan fingerprint density at radius 1 is 1.19 bits per heavy atom. The molecule has 11 heteroatoms. The molecule has 2 aliphatic heterocycles. The molecule has 2 aromatic carbocycles. The molecule has 0 spiro atoms. The van der Waals surface area contributed by atoms with Crippen LogP contribution in [0.3, 0.4) is 0 Å². The van der Waals surface area contributed by atoms with E-state index in [-0.39, 0.29) is 21.7 Å². The zero-order valence-corrected chi connectivity index (χ0v) is 20.7. The van der Waals surface area contributed by atoms with Gasteiger partial charge < -0.3 is 4.90 Å². The van der Waals surface area contributed by atoms with E-state index in [2.05, 4.69) is 27.0 Å². The lowest BCUT2D eigenvalue weighted by atomic mass is 9.88. The number of benzene rings is 2. The Bertz CT molecular complexity index is 1720. The Kier molecular flexibility index (Phi) is 4.58. The molecule has 4 heterocycles. The van der Waals surface area contributed by atoms with Gasteiger partial charge in [-0.25, -0.2) is 27.5 Å². The maximum atomic E-state index is 14.7. The second-order valence-electron chi connectivity index (χ2n) is 9.97. The molecule has 1 saturated carbocycles. The number of aromatic amines is 1. The number of carbonyl (C=O) groups is 1. The Morgan fingerprint density at radius 3 is 2.84 bits per heavy atom. The predicted octanol–water partition coefficient (Wildman–Crippen LogP) is 3.40. The Morgan fingerprint density at radius 2 is 2.03 bits per heavy atom. The number of sulfonamides is 1. The molecule has 0 bridgehead atoms. The molecule has 2 aromatic heterocycles. The van der Waals surface area contributed by atoms with Crippen molar-refractivity contribution in [1.82, 2.24) is 24.9 Å². The first-order valence-electron chi connectivity index (χ1n) is 12.3. The summed E-state index contributed by atoms with van der Waals surface area (Å²) in [5, 5.41) is 7.24. The predicted molar refractivity (Wildman–Crippen MR) is 134 cm³/mol. The monoisotopic (exact) mass is 518 g/mol. The van der Waals surface area contributed by atoms with Crippen LogP contribution in [0.25, 0.3) is 22.4 Å². The summed E-state index contributed by atoms with van der Waals surface area (Å²) in [6.07, 6.45) is 3.55. The van der Waals surface area contributed by atoms with Crippen molar-refractivity contribution in [2.45, 2.75) is 30.1 Å². The summed E-state index contributed by atoms with van der Waals surface area (Å²) < 4.78 is 41.2. The van der Waals surface area contributed by atoms with Gasteiger partial charge in [0.1, 0.15) is 22.0 Å². The third kappa shape index (κ3) is 3.09. The molecule has 3 atom stereocenters. The van der Waals surface area contributed by atoms with E-state index in [0.717, 1.165) is 31.5 Å². The molecule has 3 aliphatic rings. The largest absolute Gasteiger partial charge is 0.355 e. The van der Waals surface area contributed by atoms with Gasteiger partial charge in [0, 0.05) is 24.1 Å². The van der Waals surface area contributed by atoms with E-state index in [1.54, 1.807) is 24.4 Å². The van der Waals surface area contributed by atoms with E-state index in [4.69, 9.17) is 4.98 Å². The van der Waals surface area contributed by atoms with Crippen molar-refractivity contribution in [2.75, 3.05) is 18.0 Å². The summed E-state index contributed by atoms with van der Waals surface area (Å²) in [5.41, 5.74) is 2.79. The van der Waals surface area contributed by atoms with Crippen molar-refractivity contribution in [2.24, 2.45) is 11.8 Å². The van der Waals surface area contributed by atoms with Gasteiger partial charge in [-0.1, -0.05) is 31.2 Å². The van der Waals surface area contributed by atoms with Gasteiger partial charge in [-0.3, -0.25) is 9.89 Å². The molecule has 1 aliphatic carbocycles. The van der Waals surface area contributed by atoms with Crippen LogP contribution in [-0.2, 0) is 15.4 Å². The topological polar surface area (TPSA) is 121 Å². The number of H-pyrrole nitrogens is 1. The lowest BCUT2D eigenvalue weighted by Crippen LogP contribution is -2.32. The Hall–Kier alpha value is -3.86. The number of hydrogen-bond acceptors (Lipinski definition) is 7. The normalized spacial score (nSPS) is 25.6. The van der Waals surface area contributed by atoms with Gasteiger partial charge >= 0.3 is 0 Å². The fourth-order valence-electron chi connectivity index (χ4n) is 6.60. The van der Waals surface area contributed by atoms with E-state index >= 15 is 0 Å². The number of nitrogens with zero attached hydrogens (tertiary/aromatic N) is 4. The number of nitrogens with one attached hydrogen (secondary N) is 2. The van der Waals surface area contributed by atoms with Crippen molar-refractivity contribution < 1.29 is 17.6 Å². The minimum Gasteiger partial charge on any atom is -0.355 e. The van der Waals surface area contributed by atoms with E-state index in [1.165, 1.54) is 12.1 Å². The van der Waals surface area contributed by atoms with Crippen molar-refractivity contribution in [3.05, 3.63) is 65.6 Å². The van der Waals surface area contributed by atoms with E-state index < -0.39 is 15.9 Å². The highest BCUT2D eigenvalue weighted by molar-refractivity contribution is 7.90. The first kappa shape index (κ1) is 22.3. The number of carbonyl (C=O) groups excluding carboxylic acids is 1. The maximum Gasteiger partial charge on any atom is 0.266 e. The highest BCUT2D eigenvalue weighted by atomic mass is 32.2. The van der Waals surface area contributed by atoms with Crippen LogP contribution in [0.2, 0.25) is 0 Å². The molecular formula is C26H23FN6O3S. The maximum absolute atomic E-state index is 14.7. The molecule has 1 amide bonds. The van der Waals surface area contributed by atoms with E-state index in [9.17, 15) is 17.6 Å². The summed E-state index contributed by atoms with van der Waals surface area (Å²) in [6.45, 7) is 3.72. The molecule has 188 valence electrons. The van der Waals surface area contributed by atoms with Crippen LogP contribution in [0.5, 0.6) is 0 Å². The fraction of sp³-hybridized carbons (Fsp3) is 0.308. The van der Waals surface area contributed by atoms with Gasteiger partial charge in [0.15, 0.2) is 0 Å². The molecule has 2 fully saturated rings. The van der Waals surface area contributed by atoms with Crippen molar-refractivity contribution >= 4 is 32.9 Å². The summed E-state index contributed by atoms with van der Waals surface area (Å²) in [7, 11) is -3.88. The summed E-state index contributed by atoms with van der Waals surface area (Å²) in [4.78, 5) is 23.4. The number of rotatable bonds is 4. The molecule has 2 N–H and O–H groups in total. The first-order chi connectivity index (χ1) is 17.8. The van der Waals surface area contributed by atoms with Crippen LogP contribution in [0.4, 0.5) is 10.2 Å². The third-order valence-corrected chi connectivity index (χ3v) is 9.77. The zero-order chi connectivity index (χ0) is 25.5. The number of fused-ring (bicyclic) bond motifs is 3. The second kappa shape index (κ2) is 7.58. The average molecular weight is 519 g/mol. The molecule has 9 nitrogen and oxygen atoms in total. The molecule has 0 radical (unpaired) electrons. The van der Waals surface area contributed by atoms with Crippen molar-refractivity contribution in [1.29, 1.82) is 0 Å². The van der Waals surface area contributed by atoms with Crippen LogP contribution in [0, 0.1) is 17.7 Å². The lowest BCUT2D eigenvalue weighted by Gasteiger charge is -2.26. The fourth-order valence-corrected chi connectivity index (χ4v) is 7.79. The summed E-state index contributed by atoms with van der Waals surface area (Å²) in [5.74, 6) is 0.745. The molecular weight excluding hydrogens is 495 g/mol. The SMILES string of the molecule is CC[C@]1(c2ccccc2F)[C@@H]2CCN(c3cnc4c(-c5ccc6c(c5)S(=O)(=O)NC6=O)[nH]nc4n3)C[C@@H]21. The van der Waals surface area contributed by atoms with Crippen LogP contribution < -0.4 is 9.62 Å². The molecule has 0 unspecified atom stereocenters. The van der Waals surface area contributed by atoms with Crippen LogP contribution >= 0.6 is 0 Å². The Balaban J connectivity index is 1.19. The van der Waals surface area contributed by atoms with Gasteiger partial charge in [-0.05, 0) is 48.4 Å². The number of halogens is 1. The number of amides is 1. The molecule has 1 saturated heterocycles. The standard InChI is InChI=1S/C26H23FN6O3S/c1-2-26(17-5-3-4-6-19(17)27)16-9-10-33(13-18(16)26)21-12-28-23-22(30-31-24(23)29-21)14-7-8-15-20(11-14)37(35,36)32-25(15)34/h3-8,11-12,16,18H,2,9-10,13H2,1H3,(H,32,34)(H,29,30,31)/t16-,18+,26-/m1/s1. The van der Waals surface area contributed by atoms with Crippen LogP contribution in [0.1, 0.15) is 35.7 Å². The van der Waals surface area contributed by atoms with Gasteiger partial charge in [0.05, 0.1) is 17.5 Å². The lowest BCUT2D eigenvalue weighted by molar-refractivity contribution is 0.0985. The van der Waals surface area contributed by atoms with Crippen molar-refractivity contribution in [3.8, 4) is 11.3 Å². The third-order valence-electron chi connectivity index (χ3n) is 8.39. The van der Waals surface area contributed by atoms with E-state index in [0.29, 0.717) is 40.1 Å². The highest BCUT2D eigenvalue weighted by Gasteiger charge is 2.65. The van der Waals surface area contributed by atoms with Crippen LogP contribution in [-0.4, -0.2) is 47.6 Å². The van der Waals surface area contributed by atoms with Gasteiger partial charge in [0.2, 0.25) is 5.65 Å². The summed E-state index contributed by atoms with van der Waals surface area (Å²) in [6, 6.07) is 11.7. The van der Waals surface area contributed by atoms with E-state index in [1.807, 2.05) is 16.9 Å². The van der Waals surface area contributed by atoms with Gasteiger partial charge in [0.25, 0.3) is 15.9 Å². The number of piperidine rings is 1. The second-order valence-corrected chi connectivity index (χ2v) is 11.6. The smallest absolute Gasteiger partial charge is 0.266 e. The first-order valence-corrected chi connectivity index (χ1v) is 13.7. The van der Waals surface area contributed by atoms with Crippen LogP contribution in [0.15, 0.2) is 53.6 Å². The van der Waals surface area contributed by atoms with Gasteiger partial charge in [-0.2, -0.15) is 5.10 Å². The highest BCUT2D eigenvalue weighted by Crippen LogP contribution is 2.65. The molecule has 4 aromatic rings. The van der Waals surface area contributed by atoms with Crippen molar-refractivity contribution in [3.63, 3.8) is 0 Å².